The number of hydrogen-bond donors (Lipinski definition) is 2. The molecular formula is C26H26F2N4. The second kappa shape index (κ2) is 8.71. The molecule has 0 radical (unpaired) electrons. The molecule has 0 spiro atoms. The van der Waals surface area contributed by atoms with Gasteiger partial charge < -0.3 is 15.5 Å². The van der Waals surface area contributed by atoms with Crippen molar-refractivity contribution in [1.82, 2.24) is 10.2 Å². The first kappa shape index (κ1) is 20.6. The standard InChI is InChI=1S/C26H26F2N4/c1-17-2-10-23-22(14-17)26(31-25-15-20(28)8-11-24(25)30-23)32-13-12-29-21(16-32)9-5-18-3-6-19(27)7-4-18/h2-4,6-8,10-11,14-15,21,29-30H,5,9,12-13,16H2,1H3. The van der Waals surface area contributed by atoms with Crippen LogP contribution in [-0.4, -0.2) is 36.4 Å². The summed E-state index contributed by atoms with van der Waals surface area (Å²) in [5.74, 6) is 0.364. The second-order valence-corrected chi connectivity index (χ2v) is 8.53. The van der Waals surface area contributed by atoms with Gasteiger partial charge in [-0.25, -0.2) is 13.8 Å². The molecule has 6 heteroatoms. The van der Waals surface area contributed by atoms with Gasteiger partial charge in [-0.3, -0.25) is 0 Å². The van der Waals surface area contributed by atoms with Crippen LogP contribution < -0.4 is 10.6 Å². The molecule has 0 bridgehead atoms. The third-order valence-electron chi connectivity index (χ3n) is 6.12. The minimum absolute atomic E-state index is 0.207. The van der Waals surface area contributed by atoms with E-state index in [1.165, 1.54) is 24.3 Å². The molecule has 1 unspecified atom stereocenters. The van der Waals surface area contributed by atoms with E-state index in [0.717, 1.165) is 66.4 Å². The zero-order valence-electron chi connectivity index (χ0n) is 18.0. The van der Waals surface area contributed by atoms with Gasteiger partial charge in [-0.2, -0.15) is 0 Å². The van der Waals surface area contributed by atoms with Crippen LogP contribution in [0.5, 0.6) is 0 Å². The number of nitrogens with zero attached hydrogens (tertiary/aromatic N) is 2. The molecule has 1 fully saturated rings. The average molecular weight is 433 g/mol. The lowest BCUT2D eigenvalue weighted by atomic mass is 10.0. The van der Waals surface area contributed by atoms with Crippen molar-refractivity contribution >= 4 is 22.9 Å². The molecule has 1 atom stereocenters. The van der Waals surface area contributed by atoms with Crippen molar-refractivity contribution in [1.29, 1.82) is 0 Å². The summed E-state index contributed by atoms with van der Waals surface area (Å²) in [4.78, 5) is 7.24. The summed E-state index contributed by atoms with van der Waals surface area (Å²) in [6.07, 6.45) is 1.82. The molecular weight excluding hydrogens is 406 g/mol. The highest BCUT2D eigenvalue weighted by Gasteiger charge is 2.26. The van der Waals surface area contributed by atoms with Gasteiger partial charge in [0.25, 0.3) is 0 Å². The van der Waals surface area contributed by atoms with E-state index in [-0.39, 0.29) is 17.7 Å². The van der Waals surface area contributed by atoms with Crippen LogP contribution in [0.2, 0.25) is 0 Å². The molecule has 2 heterocycles. The molecule has 1 saturated heterocycles. The molecule has 3 aromatic carbocycles. The highest BCUT2D eigenvalue weighted by Crippen LogP contribution is 2.36. The zero-order chi connectivity index (χ0) is 22.1. The Labute approximate surface area is 187 Å². The summed E-state index contributed by atoms with van der Waals surface area (Å²) in [6, 6.07) is 18.0. The highest BCUT2D eigenvalue weighted by atomic mass is 19.1. The minimum atomic E-state index is -0.298. The van der Waals surface area contributed by atoms with Gasteiger partial charge in [0, 0.05) is 43.0 Å². The summed E-state index contributed by atoms with van der Waals surface area (Å²) in [7, 11) is 0. The van der Waals surface area contributed by atoms with E-state index in [1.54, 1.807) is 6.07 Å². The largest absolute Gasteiger partial charge is 0.353 e. The fourth-order valence-electron chi connectivity index (χ4n) is 4.42. The maximum absolute atomic E-state index is 14.0. The molecule has 3 aromatic rings. The SMILES string of the molecule is Cc1ccc2c(c1)C(N1CCNC(CCc3ccc(F)cc3)C1)=Nc1cc(F)ccc1N2. The van der Waals surface area contributed by atoms with E-state index in [2.05, 4.69) is 40.7 Å². The van der Waals surface area contributed by atoms with E-state index < -0.39 is 0 Å². The number of amidine groups is 1. The number of aliphatic imine (C=N–C) groups is 1. The number of rotatable bonds is 3. The second-order valence-electron chi connectivity index (χ2n) is 8.53. The number of nitrogens with one attached hydrogen (secondary N) is 2. The quantitative estimate of drug-likeness (QED) is 0.589. The summed E-state index contributed by atoms with van der Waals surface area (Å²) < 4.78 is 27.2. The third-order valence-corrected chi connectivity index (χ3v) is 6.12. The van der Waals surface area contributed by atoms with Crippen molar-refractivity contribution < 1.29 is 8.78 Å². The first-order valence-electron chi connectivity index (χ1n) is 11.0. The van der Waals surface area contributed by atoms with Gasteiger partial charge in [0.2, 0.25) is 0 Å². The summed E-state index contributed by atoms with van der Waals surface area (Å²) >= 11 is 0. The Morgan fingerprint density at radius 2 is 1.75 bits per heavy atom. The van der Waals surface area contributed by atoms with Crippen molar-refractivity contribution in [2.75, 3.05) is 25.0 Å². The van der Waals surface area contributed by atoms with Crippen molar-refractivity contribution in [3.63, 3.8) is 0 Å². The van der Waals surface area contributed by atoms with Crippen LogP contribution in [0.1, 0.15) is 23.1 Å². The summed E-state index contributed by atoms with van der Waals surface area (Å²) in [6.45, 7) is 4.54. The van der Waals surface area contributed by atoms with Crippen LogP contribution in [0.4, 0.5) is 25.8 Å². The van der Waals surface area contributed by atoms with Crippen LogP contribution in [0, 0.1) is 18.6 Å². The van der Waals surface area contributed by atoms with Gasteiger partial charge in [-0.15, -0.1) is 0 Å². The number of piperazine rings is 1. The van der Waals surface area contributed by atoms with Gasteiger partial charge in [0.15, 0.2) is 0 Å². The monoisotopic (exact) mass is 432 g/mol. The Balaban J connectivity index is 1.42. The maximum Gasteiger partial charge on any atom is 0.138 e. The molecule has 0 saturated carbocycles. The fourth-order valence-corrected chi connectivity index (χ4v) is 4.42. The Kier molecular flexibility index (Phi) is 5.62. The first-order chi connectivity index (χ1) is 15.5. The van der Waals surface area contributed by atoms with Crippen molar-refractivity contribution in [2.24, 2.45) is 4.99 Å². The van der Waals surface area contributed by atoms with Crippen LogP contribution in [-0.2, 0) is 6.42 Å². The first-order valence-corrected chi connectivity index (χ1v) is 11.0. The Hall–Kier alpha value is -3.25. The molecule has 5 rings (SSSR count). The van der Waals surface area contributed by atoms with E-state index in [1.807, 2.05) is 12.1 Å². The summed E-state index contributed by atoms with van der Waals surface area (Å²) in [5.41, 5.74) is 5.69. The lowest BCUT2D eigenvalue weighted by molar-refractivity contribution is 0.282. The van der Waals surface area contributed by atoms with Gasteiger partial charge in [-0.05, 0) is 61.7 Å². The number of halogens is 2. The number of anilines is 2. The normalized spacial score (nSPS) is 17.7. The van der Waals surface area contributed by atoms with Crippen LogP contribution in [0.3, 0.4) is 0 Å². The number of fused-ring (bicyclic) bond motifs is 2. The number of hydrogen-bond acceptors (Lipinski definition) is 4. The molecule has 0 aromatic heterocycles. The highest BCUT2D eigenvalue weighted by molar-refractivity contribution is 6.07. The Morgan fingerprint density at radius 1 is 0.969 bits per heavy atom. The van der Waals surface area contributed by atoms with Crippen molar-refractivity contribution in [3.05, 3.63) is 89.0 Å². The fraction of sp³-hybridized carbons (Fsp3) is 0.269. The van der Waals surface area contributed by atoms with Crippen LogP contribution >= 0.6 is 0 Å². The predicted molar refractivity (Wildman–Crippen MR) is 125 cm³/mol. The van der Waals surface area contributed by atoms with E-state index in [9.17, 15) is 8.78 Å². The molecule has 32 heavy (non-hydrogen) atoms. The van der Waals surface area contributed by atoms with E-state index in [4.69, 9.17) is 4.99 Å². The van der Waals surface area contributed by atoms with Gasteiger partial charge in [0.1, 0.15) is 17.5 Å². The average Bonchev–Trinajstić information content (AvgIpc) is 2.95. The van der Waals surface area contributed by atoms with Crippen LogP contribution in [0.15, 0.2) is 65.7 Å². The molecule has 0 amide bonds. The molecule has 164 valence electrons. The summed E-state index contributed by atoms with van der Waals surface area (Å²) in [5, 5.41) is 7.04. The lowest BCUT2D eigenvalue weighted by Gasteiger charge is -2.36. The molecule has 2 aliphatic rings. The Bertz CT molecular complexity index is 1160. The van der Waals surface area contributed by atoms with Crippen molar-refractivity contribution in [3.8, 4) is 0 Å². The zero-order valence-corrected chi connectivity index (χ0v) is 18.0. The smallest absolute Gasteiger partial charge is 0.138 e. The minimum Gasteiger partial charge on any atom is -0.353 e. The number of benzene rings is 3. The number of aryl methyl sites for hydroxylation is 2. The van der Waals surface area contributed by atoms with E-state index in [0.29, 0.717) is 5.69 Å². The third kappa shape index (κ3) is 4.36. The van der Waals surface area contributed by atoms with Gasteiger partial charge in [-0.1, -0.05) is 23.8 Å². The predicted octanol–water partition coefficient (Wildman–Crippen LogP) is 5.32. The lowest BCUT2D eigenvalue weighted by Crippen LogP contribution is -2.53. The topological polar surface area (TPSA) is 39.7 Å². The van der Waals surface area contributed by atoms with Gasteiger partial charge >= 0.3 is 0 Å². The van der Waals surface area contributed by atoms with E-state index >= 15 is 0 Å². The van der Waals surface area contributed by atoms with Crippen molar-refractivity contribution in [2.45, 2.75) is 25.8 Å². The van der Waals surface area contributed by atoms with Crippen LogP contribution in [0.25, 0.3) is 0 Å². The molecule has 4 nitrogen and oxygen atoms in total. The molecule has 2 aliphatic heterocycles. The molecule has 0 aliphatic carbocycles. The van der Waals surface area contributed by atoms with Gasteiger partial charge in [0.05, 0.1) is 11.4 Å². The maximum atomic E-state index is 14.0. The molecule has 2 N–H and O–H groups in total. The Morgan fingerprint density at radius 3 is 2.59 bits per heavy atom.